The van der Waals surface area contributed by atoms with Crippen LogP contribution in [-0.4, -0.2) is 59.3 Å². The predicted molar refractivity (Wildman–Crippen MR) is 82.5 cm³/mol. The molecule has 0 aromatic carbocycles. The number of aliphatic hydroxyl groups is 1. The summed E-state index contributed by atoms with van der Waals surface area (Å²) in [5.74, 6) is 0.0127. The number of aromatic nitrogens is 1. The first kappa shape index (κ1) is 16.4. The average Bonchev–Trinajstić information content (AvgIpc) is 2.86. The number of ether oxygens (including phenoxy) is 1. The Balaban J connectivity index is 2.00. The van der Waals surface area contributed by atoms with E-state index in [4.69, 9.17) is 4.74 Å². The highest BCUT2D eigenvalue weighted by atomic mass is 32.1. The molecule has 7 heteroatoms. The monoisotopic (exact) mass is 313 g/mol. The van der Waals surface area contributed by atoms with Crippen molar-refractivity contribution in [3.05, 3.63) is 11.1 Å². The molecule has 1 N–H and O–H groups in total. The van der Waals surface area contributed by atoms with Crippen LogP contribution in [0.3, 0.4) is 0 Å². The number of hydrogen-bond donors (Lipinski definition) is 1. The second-order valence-corrected chi connectivity index (χ2v) is 6.17. The predicted octanol–water partition coefficient (Wildman–Crippen LogP) is 1.10. The van der Waals surface area contributed by atoms with Crippen LogP contribution in [0.4, 0.5) is 5.13 Å². The number of nitrogens with zero attached hydrogens (tertiary/aromatic N) is 3. The van der Waals surface area contributed by atoms with E-state index in [9.17, 15) is 9.90 Å². The lowest BCUT2D eigenvalue weighted by Gasteiger charge is -2.35. The van der Waals surface area contributed by atoms with Gasteiger partial charge in [0, 0.05) is 38.5 Å². The first-order chi connectivity index (χ1) is 10.0. The Bertz CT molecular complexity index is 480. The molecule has 0 saturated carbocycles. The van der Waals surface area contributed by atoms with Crippen molar-refractivity contribution in [2.45, 2.75) is 39.5 Å². The second kappa shape index (κ2) is 7.31. The summed E-state index contributed by atoms with van der Waals surface area (Å²) in [7, 11) is 0. The summed E-state index contributed by atoms with van der Waals surface area (Å²) in [5.41, 5.74) is 0.959. The molecule has 1 aromatic rings. The van der Waals surface area contributed by atoms with Crippen molar-refractivity contribution in [1.29, 1.82) is 0 Å². The maximum atomic E-state index is 11.5. The van der Waals surface area contributed by atoms with E-state index < -0.39 is 0 Å². The maximum absolute atomic E-state index is 11.5. The van der Waals surface area contributed by atoms with Gasteiger partial charge in [0.2, 0.25) is 5.91 Å². The van der Waals surface area contributed by atoms with Gasteiger partial charge in [-0.25, -0.2) is 4.98 Å². The van der Waals surface area contributed by atoms with Crippen LogP contribution >= 0.6 is 11.3 Å². The number of amides is 1. The molecule has 1 aliphatic rings. The standard InChI is InChI=1S/C14H23N3O3S/c1-4-17(11(3)19)14-15-12(9-21-14)6-16-5-10(2)20-13(7-16)8-18/h9-10,13,18H,4-8H2,1-3H3. The molecule has 0 aliphatic carbocycles. The summed E-state index contributed by atoms with van der Waals surface area (Å²) in [6.07, 6.45) is -0.0189. The third-order valence-corrected chi connectivity index (χ3v) is 4.37. The van der Waals surface area contributed by atoms with Gasteiger partial charge in [0.05, 0.1) is 24.5 Å². The number of aliphatic hydroxyl groups excluding tert-OH is 1. The molecule has 2 atom stereocenters. The SMILES string of the molecule is CCN(C(C)=O)c1nc(CN2CC(C)OC(CO)C2)cs1. The van der Waals surface area contributed by atoms with Crippen molar-refractivity contribution < 1.29 is 14.6 Å². The summed E-state index contributed by atoms with van der Waals surface area (Å²) >= 11 is 1.49. The van der Waals surface area contributed by atoms with Crippen LogP contribution in [0.15, 0.2) is 5.38 Å². The van der Waals surface area contributed by atoms with Gasteiger partial charge in [-0.05, 0) is 13.8 Å². The summed E-state index contributed by atoms with van der Waals surface area (Å²) < 4.78 is 5.63. The molecule has 6 nitrogen and oxygen atoms in total. The van der Waals surface area contributed by atoms with Crippen molar-refractivity contribution in [2.24, 2.45) is 0 Å². The third kappa shape index (κ3) is 4.23. The fourth-order valence-electron chi connectivity index (χ4n) is 2.59. The average molecular weight is 313 g/mol. The molecule has 1 fully saturated rings. The summed E-state index contributed by atoms with van der Waals surface area (Å²) in [6, 6.07) is 0. The fraction of sp³-hybridized carbons (Fsp3) is 0.714. The Kier molecular flexibility index (Phi) is 5.69. The summed E-state index contributed by atoms with van der Waals surface area (Å²) in [5, 5.41) is 12.0. The van der Waals surface area contributed by atoms with Crippen molar-refractivity contribution in [3.63, 3.8) is 0 Å². The molecule has 1 aromatic heterocycles. The van der Waals surface area contributed by atoms with E-state index in [-0.39, 0.29) is 24.7 Å². The number of morpholine rings is 1. The summed E-state index contributed by atoms with van der Waals surface area (Å²) in [4.78, 5) is 20.0. The van der Waals surface area contributed by atoms with Crippen LogP contribution in [0.1, 0.15) is 26.5 Å². The molecule has 1 saturated heterocycles. The number of carbonyl (C=O) groups excluding carboxylic acids is 1. The Labute approximate surface area is 129 Å². The zero-order valence-electron chi connectivity index (χ0n) is 12.8. The molecular weight excluding hydrogens is 290 g/mol. The smallest absolute Gasteiger partial charge is 0.225 e. The first-order valence-corrected chi connectivity index (χ1v) is 8.12. The van der Waals surface area contributed by atoms with Crippen LogP contribution in [0.5, 0.6) is 0 Å². The lowest BCUT2D eigenvalue weighted by molar-refractivity contribution is -0.116. The number of rotatable bonds is 5. The molecule has 0 spiro atoms. The fourth-order valence-corrected chi connectivity index (χ4v) is 3.51. The molecule has 0 radical (unpaired) electrons. The Morgan fingerprint density at radius 1 is 1.62 bits per heavy atom. The molecular formula is C14H23N3O3S. The number of carbonyl (C=O) groups is 1. The van der Waals surface area contributed by atoms with Crippen molar-refractivity contribution in [3.8, 4) is 0 Å². The van der Waals surface area contributed by atoms with Crippen LogP contribution in [-0.2, 0) is 16.1 Å². The van der Waals surface area contributed by atoms with Gasteiger partial charge in [-0.1, -0.05) is 0 Å². The third-order valence-electron chi connectivity index (χ3n) is 3.46. The minimum atomic E-state index is -0.129. The highest BCUT2D eigenvalue weighted by Gasteiger charge is 2.25. The van der Waals surface area contributed by atoms with Crippen molar-refractivity contribution in [2.75, 3.05) is 31.1 Å². The zero-order valence-corrected chi connectivity index (χ0v) is 13.6. The minimum absolute atomic E-state index is 0.0127. The van der Waals surface area contributed by atoms with E-state index in [0.717, 1.165) is 23.9 Å². The molecule has 21 heavy (non-hydrogen) atoms. The van der Waals surface area contributed by atoms with Gasteiger partial charge < -0.3 is 9.84 Å². The van der Waals surface area contributed by atoms with E-state index in [1.165, 1.54) is 11.3 Å². The quantitative estimate of drug-likeness (QED) is 0.882. The van der Waals surface area contributed by atoms with Gasteiger partial charge in [-0.3, -0.25) is 14.6 Å². The minimum Gasteiger partial charge on any atom is -0.394 e. The van der Waals surface area contributed by atoms with Gasteiger partial charge in [0.1, 0.15) is 0 Å². The lowest BCUT2D eigenvalue weighted by Crippen LogP contribution is -2.47. The number of anilines is 1. The highest BCUT2D eigenvalue weighted by molar-refractivity contribution is 7.14. The van der Waals surface area contributed by atoms with Gasteiger partial charge in [0.25, 0.3) is 0 Å². The van der Waals surface area contributed by atoms with E-state index in [1.807, 2.05) is 19.2 Å². The van der Waals surface area contributed by atoms with Gasteiger partial charge in [0.15, 0.2) is 5.13 Å². The normalized spacial score (nSPS) is 23.2. The largest absolute Gasteiger partial charge is 0.394 e. The number of thiazole rings is 1. The van der Waals surface area contributed by atoms with Crippen molar-refractivity contribution >= 4 is 22.4 Å². The van der Waals surface area contributed by atoms with Crippen LogP contribution in [0, 0.1) is 0 Å². The Morgan fingerprint density at radius 3 is 3.00 bits per heavy atom. The summed E-state index contributed by atoms with van der Waals surface area (Å²) in [6.45, 7) is 8.43. The molecule has 2 rings (SSSR count). The van der Waals surface area contributed by atoms with E-state index in [2.05, 4.69) is 9.88 Å². The zero-order chi connectivity index (χ0) is 15.4. The van der Waals surface area contributed by atoms with Gasteiger partial charge >= 0.3 is 0 Å². The Morgan fingerprint density at radius 2 is 2.38 bits per heavy atom. The maximum Gasteiger partial charge on any atom is 0.225 e. The van der Waals surface area contributed by atoms with E-state index in [0.29, 0.717) is 13.1 Å². The van der Waals surface area contributed by atoms with E-state index >= 15 is 0 Å². The van der Waals surface area contributed by atoms with Crippen LogP contribution in [0.25, 0.3) is 0 Å². The van der Waals surface area contributed by atoms with Gasteiger partial charge in [-0.15, -0.1) is 11.3 Å². The number of hydrogen-bond acceptors (Lipinski definition) is 6. The first-order valence-electron chi connectivity index (χ1n) is 7.24. The van der Waals surface area contributed by atoms with Crippen LogP contribution in [0.2, 0.25) is 0 Å². The Hall–Kier alpha value is -1.02. The van der Waals surface area contributed by atoms with E-state index in [1.54, 1.807) is 11.8 Å². The molecule has 2 unspecified atom stereocenters. The molecule has 1 aliphatic heterocycles. The van der Waals surface area contributed by atoms with Crippen LogP contribution < -0.4 is 4.90 Å². The van der Waals surface area contributed by atoms with Gasteiger partial charge in [-0.2, -0.15) is 0 Å². The topological polar surface area (TPSA) is 65.9 Å². The highest BCUT2D eigenvalue weighted by Crippen LogP contribution is 2.22. The lowest BCUT2D eigenvalue weighted by atomic mass is 10.2. The molecule has 2 heterocycles. The molecule has 0 bridgehead atoms. The molecule has 118 valence electrons. The molecule has 1 amide bonds. The second-order valence-electron chi connectivity index (χ2n) is 5.33. The van der Waals surface area contributed by atoms with Crippen molar-refractivity contribution in [1.82, 2.24) is 9.88 Å².